The fourth-order valence-electron chi connectivity index (χ4n) is 3.67. The van der Waals surface area contributed by atoms with Gasteiger partial charge in [0, 0.05) is 11.0 Å². The molecular weight excluding hydrogens is 396 g/mol. The molecule has 0 aliphatic carbocycles. The van der Waals surface area contributed by atoms with Crippen LogP contribution in [0.2, 0.25) is 0 Å². The van der Waals surface area contributed by atoms with E-state index in [4.69, 9.17) is 0 Å². The number of nitrogens with zero attached hydrogens (tertiary/aromatic N) is 2. The summed E-state index contributed by atoms with van der Waals surface area (Å²) < 4.78 is 0.617. The Morgan fingerprint density at radius 1 is 1.00 bits per heavy atom. The zero-order chi connectivity index (χ0) is 18.3. The predicted octanol–water partition coefficient (Wildman–Crippen LogP) is 3.63. The maximum atomic E-state index is 13.3. The molecule has 0 bridgehead atoms. The number of amides is 3. The number of para-hydroxylation sites is 1. The molecule has 0 aromatic heterocycles. The van der Waals surface area contributed by atoms with Crippen LogP contribution in [0.25, 0.3) is 0 Å². The van der Waals surface area contributed by atoms with Gasteiger partial charge < -0.3 is 4.90 Å². The Morgan fingerprint density at radius 3 is 2.54 bits per heavy atom. The molecule has 0 radical (unpaired) electrons. The molecule has 4 rings (SSSR count). The maximum absolute atomic E-state index is 13.3. The second-order valence-electron chi connectivity index (χ2n) is 6.49. The van der Waals surface area contributed by atoms with Gasteiger partial charge in [0.15, 0.2) is 0 Å². The van der Waals surface area contributed by atoms with Gasteiger partial charge in [-0.15, -0.1) is 0 Å². The number of imide groups is 1. The lowest BCUT2D eigenvalue weighted by Crippen LogP contribution is -2.52. The van der Waals surface area contributed by atoms with E-state index in [-0.39, 0.29) is 11.8 Å². The summed E-state index contributed by atoms with van der Waals surface area (Å²) in [6.07, 6.45) is 2.32. The number of benzene rings is 2. The number of anilines is 1. The van der Waals surface area contributed by atoms with E-state index in [1.54, 1.807) is 47.4 Å². The molecule has 1 fully saturated rings. The minimum atomic E-state index is -0.588. The number of rotatable bonds is 1. The van der Waals surface area contributed by atoms with Crippen molar-refractivity contribution in [3.05, 3.63) is 64.1 Å². The second kappa shape index (κ2) is 6.68. The Bertz CT molecular complexity index is 911. The zero-order valence-electron chi connectivity index (χ0n) is 14.0. The van der Waals surface area contributed by atoms with E-state index in [9.17, 15) is 14.4 Å². The summed E-state index contributed by atoms with van der Waals surface area (Å²) >= 11 is 3.39. The van der Waals surface area contributed by atoms with Crippen LogP contribution in [-0.2, 0) is 4.79 Å². The molecule has 26 heavy (non-hydrogen) atoms. The van der Waals surface area contributed by atoms with Crippen molar-refractivity contribution in [1.29, 1.82) is 0 Å². The number of piperidine rings is 1. The highest BCUT2D eigenvalue weighted by atomic mass is 79.9. The number of carbonyl (C=O) groups excluding carboxylic acids is 3. The Labute approximate surface area is 159 Å². The van der Waals surface area contributed by atoms with Crippen molar-refractivity contribution in [3.8, 4) is 0 Å². The van der Waals surface area contributed by atoms with Crippen molar-refractivity contribution in [2.45, 2.75) is 25.3 Å². The minimum Gasteiger partial charge on any atom is -0.327 e. The topological polar surface area (TPSA) is 57.7 Å². The van der Waals surface area contributed by atoms with Gasteiger partial charge in [0.25, 0.3) is 17.7 Å². The highest BCUT2D eigenvalue weighted by Gasteiger charge is 2.43. The first-order valence-corrected chi connectivity index (χ1v) is 9.41. The van der Waals surface area contributed by atoms with Crippen molar-refractivity contribution >= 4 is 39.3 Å². The summed E-state index contributed by atoms with van der Waals surface area (Å²) in [5, 5.41) is 0. The number of carbonyl (C=O) groups is 3. The normalized spacial score (nSPS) is 19.7. The van der Waals surface area contributed by atoms with E-state index < -0.39 is 11.9 Å². The smallest absolute Gasteiger partial charge is 0.266 e. The van der Waals surface area contributed by atoms with Crippen LogP contribution < -0.4 is 4.90 Å². The number of hydrogen-bond acceptors (Lipinski definition) is 3. The lowest BCUT2D eigenvalue weighted by molar-refractivity contribution is -0.123. The van der Waals surface area contributed by atoms with Crippen LogP contribution in [0.3, 0.4) is 0 Å². The molecule has 2 aromatic carbocycles. The molecule has 6 heteroatoms. The molecule has 132 valence electrons. The first kappa shape index (κ1) is 17.0. The quantitative estimate of drug-likeness (QED) is 0.671. The van der Waals surface area contributed by atoms with E-state index in [0.717, 1.165) is 12.8 Å². The van der Waals surface area contributed by atoms with Gasteiger partial charge in [-0.2, -0.15) is 0 Å². The van der Waals surface area contributed by atoms with Crippen LogP contribution in [0, 0.1) is 0 Å². The number of hydrogen-bond donors (Lipinski definition) is 0. The largest absolute Gasteiger partial charge is 0.327 e. The molecule has 0 unspecified atom stereocenters. The van der Waals surface area contributed by atoms with Crippen molar-refractivity contribution in [1.82, 2.24) is 4.90 Å². The molecule has 0 spiro atoms. The zero-order valence-corrected chi connectivity index (χ0v) is 15.6. The summed E-state index contributed by atoms with van der Waals surface area (Å²) in [6.45, 7) is 0.542. The Kier molecular flexibility index (Phi) is 4.36. The molecule has 1 saturated heterocycles. The van der Waals surface area contributed by atoms with Crippen LogP contribution in [-0.4, -0.2) is 35.2 Å². The summed E-state index contributed by atoms with van der Waals surface area (Å²) in [5.74, 6) is -0.931. The monoisotopic (exact) mass is 412 g/mol. The van der Waals surface area contributed by atoms with Crippen molar-refractivity contribution in [2.75, 3.05) is 11.4 Å². The number of fused-ring (bicyclic) bond motifs is 2. The van der Waals surface area contributed by atoms with E-state index in [1.807, 2.05) is 6.07 Å². The first-order chi connectivity index (χ1) is 12.6. The lowest BCUT2D eigenvalue weighted by atomic mass is 10.0. The summed E-state index contributed by atoms with van der Waals surface area (Å²) in [5.41, 5.74) is 1.15. The van der Waals surface area contributed by atoms with Crippen molar-refractivity contribution in [2.24, 2.45) is 0 Å². The van der Waals surface area contributed by atoms with Gasteiger partial charge in [0.05, 0.1) is 16.8 Å². The first-order valence-electron chi connectivity index (χ1n) is 8.62. The molecule has 0 saturated carbocycles. The van der Waals surface area contributed by atoms with Gasteiger partial charge in [-0.1, -0.05) is 24.3 Å². The van der Waals surface area contributed by atoms with Crippen LogP contribution in [0.1, 0.15) is 40.0 Å². The van der Waals surface area contributed by atoms with Crippen LogP contribution in [0.4, 0.5) is 5.69 Å². The molecule has 0 N–H and O–H groups in total. The standard InChI is InChI=1S/C20H17BrN2O3/c21-15-9-3-1-7-13(15)19(25)23-16-10-4-2-8-14(16)18(24)22-12-6-5-11-17(22)20(23)26/h1-4,7-10,17H,5-6,11-12H2/t17-/m0/s1. The molecule has 3 amide bonds. The summed E-state index contributed by atoms with van der Waals surface area (Å²) in [7, 11) is 0. The second-order valence-corrected chi connectivity index (χ2v) is 7.34. The SMILES string of the molecule is O=C(c1ccccc1Br)N1C(=O)[C@@H]2CCCCN2C(=O)c2ccccc21. The van der Waals surface area contributed by atoms with E-state index in [2.05, 4.69) is 15.9 Å². The Hall–Kier alpha value is -2.47. The minimum absolute atomic E-state index is 0.180. The van der Waals surface area contributed by atoms with Crippen LogP contribution in [0.15, 0.2) is 53.0 Å². The number of halogens is 1. The molecule has 1 atom stereocenters. The lowest BCUT2D eigenvalue weighted by Gasteiger charge is -2.34. The van der Waals surface area contributed by atoms with Gasteiger partial charge in [-0.25, -0.2) is 4.90 Å². The van der Waals surface area contributed by atoms with Gasteiger partial charge >= 0.3 is 0 Å². The van der Waals surface area contributed by atoms with E-state index in [0.29, 0.717) is 34.3 Å². The van der Waals surface area contributed by atoms with Gasteiger partial charge in [0.2, 0.25) is 0 Å². The Balaban J connectivity index is 1.88. The summed E-state index contributed by atoms with van der Waals surface area (Å²) in [4.78, 5) is 42.4. The third kappa shape index (κ3) is 2.65. The van der Waals surface area contributed by atoms with Crippen molar-refractivity contribution < 1.29 is 14.4 Å². The molecule has 2 aliphatic heterocycles. The molecule has 5 nitrogen and oxygen atoms in total. The van der Waals surface area contributed by atoms with Crippen LogP contribution in [0.5, 0.6) is 0 Å². The Morgan fingerprint density at radius 2 is 1.73 bits per heavy atom. The van der Waals surface area contributed by atoms with Gasteiger partial charge in [-0.3, -0.25) is 14.4 Å². The van der Waals surface area contributed by atoms with E-state index in [1.165, 1.54) is 4.90 Å². The third-order valence-electron chi connectivity index (χ3n) is 4.95. The highest BCUT2D eigenvalue weighted by Crippen LogP contribution is 2.33. The maximum Gasteiger partial charge on any atom is 0.266 e. The molecular formula is C20H17BrN2O3. The van der Waals surface area contributed by atoms with E-state index >= 15 is 0 Å². The fraction of sp³-hybridized carbons (Fsp3) is 0.250. The third-order valence-corrected chi connectivity index (χ3v) is 5.64. The van der Waals surface area contributed by atoms with Crippen LogP contribution >= 0.6 is 15.9 Å². The molecule has 2 aliphatic rings. The average Bonchev–Trinajstić information content (AvgIpc) is 2.76. The predicted molar refractivity (Wildman–Crippen MR) is 101 cm³/mol. The molecule has 2 aromatic rings. The highest BCUT2D eigenvalue weighted by molar-refractivity contribution is 9.10. The molecule has 2 heterocycles. The summed E-state index contributed by atoms with van der Waals surface area (Å²) in [6, 6.07) is 13.3. The van der Waals surface area contributed by atoms with Gasteiger partial charge in [-0.05, 0) is 59.5 Å². The van der Waals surface area contributed by atoms with Gasteiger partial charge in [0.1, 0.15) is 6.04 Å². The van der Waals surface area contributed by atoms with Crippen molar-refractivity contribution in [3.63, 3.8) is 0 Å². The average molecular weight is 413 g/mol. The fourth-order valence-corrected chi connectivity index (χ4v) is 4.12.